The predicted octanol–water partition coefficient (Wildman–Crippen LogP) is 1.06. The highest BCUT2D eigenvalue weighted by Gasteiger charge is 1.79. The zero-order valence-corrected chi connectivity index (χ0v) is 8.36. The molecule has 2 aromatic rings. The van der Waals surface area contributed by atoms with Gasteiger partial charge in [0.1, 0.15) is 0 Å². The van der Waals surface area contributed by atoms with Crippen molar-refractivity contribution < 1.29 is 0 Å². The Morgan fingerprint density at radius 2 is 1.67 bits per heavy atom. The molecule has 0 spiro atoms. The summed E-state index contributed by atoms with van der Waals surface area (Å²) in [6.45, 7) is 1.85. The number of aryl methyl sites for hydroxylation is 1. The van der Waals surface area contributed by atoms with Gasteiger partial charge in [-0.05, 0) is 19.1 Å². The molecule has 0 bridgehead atoms. The highest BCUT2D eigenvalue weighted by atomic mass is 16.1. The molecule has 2 aromatic heterocycles. The fraction of sp³-hybridized carbons (Fsp3) is 0.0909. The van der Waals surface area contributed by atoms with Crippen LogP contribution in [0.3, 0.4) is 0 Å². The summed E-state index contributed by atoms with van der Waals surface area (Å²) in [6.07, 6.45) is 1.60. The lowest BCUT2D eigenvalue weighted by molar-refractivity contribution is 1.14. The third-order valence-electron chi connectivity index (χ3n) is 1.59. The maximum absolute atomic E-state index is 10.4. The van der Waals surface area contributed by atoms with Crippen LogP contribution < -0.4 is 11.1 Å². The Kier molecular flexibility index (Phi) is 4.09. The molecule has 0 unspecified atom stereocenters. The van der Waals surface area contributed by atoms with Crippen LogP contribution in [-0.2, 0) is 0 Å². The van der Waals surface area contributed by atoms with Crippen molar-refractivity contribution in [3.63, 3.8) is 0 Å². The van der Waals surface area contributed by atoms with Crippen molar-refractivity contribution in [3.8, 4) is 0 Å². The van der Waals surface area contributed by atoms with Crippen LogP contribution in [-0.4, -0.2) is 9.97 Å². The van der Waals surface area contributed by atoms with Crippen LogP contribution in [0, 0.1) is 6.92 Å². The third kappa shape index (κ3) is 4.61. The Hall–Kier alpha value is -2.10. The predicted molar refractivity (Wildman–Crippen MR) is 58.9 cm³/mol. The van der Waals surface area contributed by atoms with E-state index >= 15 is 0 Å². The van der Waals surface area contributed by atoms with E-state index < -0.39 is 0 Å². The van der Waals surface area contributed by atoms with Crippen molar-refractivity contribution in [1.29, 1.82) is 0 Å². The standard InChI is InChI=1S/C6H7NO.C5H5NO/c1-5-3-2-4-6(8)7-5;7-5-3-1-2-4-6-5/h2-4H,1H3,(H,7,8);1-4H,(H,6,7). The number of aromatic amines is 2. The number of hydrogen-bond acceptors (Lipinski definition) is 2. The topological polar surface area (TPSA) is 65.7 Å². The van der Waals surface area contributed by atoms with Crippen LogP contribution in [0.1, 0.15) is 5.69 Å². The summed E-state index contributed by atoms with van der Waals surface area (Å²) < 4.78 is 0. The van der Waals surface area contributed by atoms with Gasteiger partial charge in [-0.1, -0.05) is 12.1 Å². The van der Waals surface area contributed by atoms with E-state index in [1.54, 1.807) is 24.4 Å². The molecule has 0 saturated heterocycles. The Morgan fingerprint density at radius 3 is 2.00 bits per heavy atom. The highest BCUT2D eigenvalue weighted by molar-refractivity contribution is 5.00. The molecule has 0 amide bonds. The van der Waals surface area contributed by atoms with Crippen molar-refractivity contribution >= 4 is 0 Å². The van der Waals surface area contributed by atoms with Crippen molar-refractivity contribution in [2.75, 3.05) is 0 Å². The van der Waals surface area contributed by atoms with Crippen LogP contribution in [0.15, 0.2) is 52.2 Å². The van der Waals surface area contributed by atoms with Crippen LogP contribution in [0.5, 0.6) is 0 Å². The Bertz CT molecular complexity index is 496. The number of pyridine rings is 2. The largest absolute Gasteiger partial charge is 0.329 e. The van der Waals surface area contributed by atoms with E-state index in [1.807, 2.05) is 13.0 Å². The van der Waals surface area contributed by atoms with Gasteiger partial charge in [0, 0.05) is 24.0 Å². The second-order valence-electron chi connectivity index (χ2n) is 2.92. The van der Waals surface area contributed by atoms with Crippen LogP contribution in [0.25, 0.3) is 0 Å². The highest BCUT2D eigenvalue weighted by Crippen LogP contribution is 1.81. The van der Waals surface area contributed by atoms with Crippen molar-refractivity contribution in [3.05, 3.63) is 69.0 Å². The lowest BCUT2D eigenvalue weighted by atomic mass is 10.4. The zero-order chi connectivity index (χ0) is 11.1. The van der Waals surface area contributed by atoms with Gasteiger partial charge in [0.15, 0.2) is 0 Å². The quantitative estimate of drug-likeness (QED) is 0.673. The van der Waals surface area contributed by atoms with E-state index in [1.165, 1.54) is 12.1 Å². The van der Waals surface area contributed by atoms with E-state index in [9.17, 15) is 9.59 Å². The molecule has 0 fully saturated rings. The summed E-state index contributed by atoms with van der Waals surface area (Å²) in [5, 5.41) is 0. The third-order valence-corrected chi connectivity index (χ3v) is 1.59. The fourth-order valence-electron chi connectivity index (χ4n) is 0.934. The molecule has 0 aliphatic heterocycles. The van der Waals surface area contributed by atoms with Crippen LogP contribution in [0.4, 0.5) is 0 Å². The van der Waals surface area contributed by atoms with Gasteiger partial charge in [-0.2, -0.15) is 0 Å². The van der Waals surface area contributed by atoms with Crippen LogP contribution in [0.2, 0.25) is 0 Å². The lowest BCUT2D eigenvalue weighted by Gasteiger charge is -1.84. The minimum Gasteiger partial charge on any atom is -0.329 e. The molecule has 4 nitrogen and oxygen atoms in total. The second kappa shape index (κ2) is 5.59. The molecule has 0 aromatic carbocycles. The summed E-state index contributed by atoms with van der Waals surface area (Å²) in [5.74, 6) is 0. The maximum Gasteiger partial charge on any atom is 0.248 e. The van der Waals surface area contributed by atoms with Gasteiger partial charge in [-0.25, -0.2) is 0 Å². The van der Waals surface area contributed by atoms with Crippen LogP contribution >= 0.6 is 0 Å². The van der Waals surface area contributed by atoms with E-state index in [-0.39, 0.29) is 11.1 Å². The number of aromatic nitrogens is 2. The minimum atomic E-state index is -0.0532. The normalized spacial score (nSPS) is 8.87. The Balaban J connectivity index is 0.000000151. The number of H-pyrrole nitrogens is 2. The van der Waals surface area contributed by atoms with Crippen molar-refractivity contribution in [2.45, 2.75) is 6.92 Å². The van der Waals surface area contributed by atoms with E-state index in [2.05, 4.69) is 9.97 Å². The lowest BCUT2D eigenvalue weighted by Crippen LogP contribution is -2.02. The molecule has 2 rings (SSSR count). The van der Waals surface area contributed by atoms with Gasteiger partial charge in [-0.15, -0.1) is 0 Å². The molecular formula is C11H12N2O2. The first-order chi connectivity index (χ1) is 7.18. The summed E-state index contributed by atoms with van der Waals surface area (Å²) in [6, 6.07) is 10.0. The number of nitrogens with one attached hydrogen (secondary N) is 2. The van der Waals surface area contributed by atoms with Crippen molar-refractivity contribution in [1.82, 2.24) is 9.97 Å². The minimum absolute atomic E-state index is 0.0370. The maximum atomic E-state index is 10.4. The average Bonchev–Trinajstić information content (AvgIpc) is 2.19. The monoisotopic (exact) mass is 204 g/mol. The van der Waals surface area contributed by atoms with E-state index in [4.69, 9.17) is 0 Å². The SMILES string of the molecule is Cc1cccc(=O)[nH]1.O=c1cccc[nH]1. The first-order valence-corrected chi connectivity index (χ1v) is 4.48. The fourth-order valence-corrected chi connectivity index (χ4v) is 0.934. The van der Waals surface area contributed by atoms with Gasteiger partial charge < -0.3 is 9.97 Å². The molecule has 2 N–H and O–H groups in total. The summed E-state index contributed by atoms with van der Waals surface area (Å²) in [4.78, 5) is 25.7. The molecular weight excluding hydrogens is 192 g/mol. The molecule has 2 heterocycles. The van der Waals surface area contributed by atoms with Gasteiger partial charge in [0.05, 0.1) is 0 Å². The number of hydrogen-bond donors (Lipinski definition) is 2. The van der Waals surface area contributed by atoms with Crippen molar-refractivity contribution in [2.24, 2.45) is 0 Å². The molecule has 0 aliphatic rings. The molecule has 0 saturated carbocycles. The van der Waals surface area contributed by atoms with Gasteiger partial charge in [0.2, 0.25) is 11.1 Å². The number of rotatable bonds is 0. The molecule has 0 aliphatic carbocycles. The van der Waals surface area contributed by atoms with E-state index in [0.29, 0.717) is 0 Å². The van der Waals surface area contributed by atoms with Gasteiger partial charge >= 0.3 is 0 Å². The Labute approximate surface area is 86.6 Å². The average molecular weight is 204 g/mol. The molecule has 15 heavy (non-hydrogen) atoms. The molecule has 78 valence electrons. The summed E-state index contributed by atoms with van der Waals surface area (Å²) in [7, 11) is 0. The Morgan fingerprint density at radius 1 is 0.933 bits per heavy atom. The smallest absolute Gasteiger partial charge is 0.248 e. The summed E-state index contributed by atoms with van der Waals surface area (Å²) >= 11 is 0. The van der Waals surface area contributed by atoms with E-state index in [0.717, 1.165) is 5.69 Å². The van der Waals surface area contributed by atoms with Gasteiger partial charge in [-0.3, -0.25) is 9.59 Å². The first kappa shape index (κ1) is 11.0. The second-order valence-corrected chi connectivity index (χ2v) is 2.92. The molecule has 0 radical (unpaired) electrons. The summed E-state index contributed by atoms with van der Waals surface area (Å²) in [5.41, 5.74) is 0.810. The first-order valence-electron chi connectivity index (χ1n) is 4.48. The molecule has 0 atom stereocenters. The molecule has 4 heteroatoms. The van der Waals surface area contributed by atoms with Gasteiger partial charge in [0.25, 0.3) is 0 Å². The zero-order valence-electron chi connectivity index (χ0n) is 8.36.